The van der Waals surface area contributed by atoms with E-state index in [9.17, 15) is 9.59 Å². The number of hydrogen-bond donors (Lipinski definition) is 0. The fraction of sp³-hybridized carbons (Fsp3) is 0.600. The molecule has 2 aliphatic heterocycles. The number of hydrogen-bond acceptors (Lipinski definition) is 5. The molecule has 2 heterocycles. The lowest BCUT2D eigenvalue weighted by Gasteiger charge is -2.35. The molecule has 2 aliphatic rings. The molecule has 1 aromatic carbocycles. The smallest absolute Gasteiger partial charge is 0.410 e. The molecule has 0 spiro atoms. The van der Waals surface area contributed by atoms with Gasteiger partial charge in [0.15, 0.2) is 11.5 Å². The van der Waals surface area contributed by atoms with Crippen LogP contribution in [0.15, 0.2) is 18.2 Å². The molecule has 1 aromatic rings. The van der Waals surface area contributed by atoms with E-state index in [1.807, 2.05) is 20.8 Å². The molecule has 2 amide bonds. The quantitative estimate of drug-likeness (QED) is 0.811. The SMILES string of the molecule is CN(CC1CCCN(C(=O)OC(C)(C)C)C1)C(=O)c1ccc2c(c1)OCO2. The Morgan fingerprint density at radius 2 is 2.00 bits per heavy atom. The van der Waals surface area contributed by atoms with Crippen LogP contribution < -0.4 is 9.47 Å². The summed E-state index contributed by atoms with van der Waals surface area (Å²) in [6, 6.07) is 5.23. The molecule has 3 rings (SSSR count). The van der Waals surface area contributed by atoms with Gasteiger partial charge in [-0.15, -0.1) is 0 Å². The molecule has 27 heavy (non-hydrogen) atoms. The van der Waals surface area contributed by atoms with Gasteiger partial charge in [0.1, 0.15) is 5.60 Å². The Hall–Kier alpha value is -2.44. The normalized spacial score (nSPS) is 19.0. The largest absolute Gasteiger partial charge is 0.454 e. The molecule has 1 atom stereocenters. The predicted molar refractivity (Wildman–Crippen MR) is 100 cm³/mol. The lowest BCUT2D eigenvalue weighted by atomic mass is 9.97. The van der Waals surface area contributed by atoms with E-state index in [0.717, 1.165) is 12.8 Å². The lowest BCUT2D eigenvalue weighted by Crippen LogP contribution is -2.45. The first-order valence-corrected chi connectivity index (χ1v) is 9.36. The van der Waals surface area contributed by atoms with Gasteiger partial charge in [0.25, 0.3) is 5.91 Å². The van der Waals surface area contributed by atoms with Crippen LogP contribution in [0.5, 0.6) is 11.5 Å². The number of amides is 2. The second-order valence-electron chi connectivity index (χ2n) is 8.19. The lowest BCUT2D eigenvalue weighted by molar-refractivity contribution is 0.0151. The third-order valence-electron chi connectivity index (χ3n) is 4.67. The van der Waals surface area contributed by atoms with Crippen LogP contribution in [0, 0.1) is 5.92 Å². The maximum atomic E-state index is 12.7. The third kappa shape index (κ3) is 4.84. The Morgan fingerprint density at radius 3 is 2.74 bits per heavy atom. The van der Waals surface area contributed by atoms with Gasteiger partial charge in [-0.05, 0) is 57.7 Å². The van der Waals surface area contributed by atoms with Crippen molar-refractivity contribution in [1.29, 1.82) is 0 Å². The molecule has 7 nitrogen and oxygen atoms in total. The van der Waals surface area contributed by atoms with Crippen molar-refractivity contribution in [2.24, 2.45) is 5.92 Å². The number of benzene rings is 1. The highest BCUT2D eigenvalue weighted by molar-refractivity contribution is 5.94. The Kier molecular flexibility index (Phi) is 5.48. The molecule has 0 saturated carbocycles. The first kappa shape index (κ1) is 19.3. The number of nitrogens with zero attached hydrogens (tertiary/aromatic N) is 2. The Balaban J connectivity index is 1.57. The standard InChI is InChI=1S/C20H28N2O5/c1-20(2,3)27-19(24)22-9-5-6-14(12-22)11-21(4)18(23)15-7-8-16-17(10-15)26-13-25-16/h7-8,10,14H,5-6,9,11-13H2,1-4H3. The van der Waals surface area contributed by atoms with E-state index >= 15 is 0 Å². The summed E-state index contributed by atoms with van der Waals surface area (Å²) in [6.07, 6.45) is 1.62. The van der Waals surface area contributed by atoms with Crippen molar-refractivity contribution >= 4 is 12.0 Å². The zero-order valence-electron chi connectivity index (χ0n) is 16.5. The second-order valence-corrected chi connectivity index (χ2v) is 8.19. The van der Waals surface area contributed by atoms with Gasteiger partial charge < -0.3 is 24.0 Å². The third-order valence-corrected chi connectivity index (χ3v) is 4.67. The summed E-state index contributed by atoms with van der Waals surface area (Å²) in [6.45, 7) is 7.68. The summed E-state index contributed by atoms with van der Waals surface area (Å²) in [5, 5.41) is 0. The van der Waals surface area contributed by atoms with E-state index in [-0.39, 0.29) is 24.7 Å². The Bertz CT molecular complexity index is 713. The van der Waals surface area contributed by atoms with Gasteiger partial charge in [0.2, 0.25) is 6.79 Å². The fourth-order valence-electron chi connectivity index (χ4n) is 3.43. The molecule has 1 saturated heterocycles. The van der Waals surface area contributed by atoms with Crippen LogP contribution >= 0.6 is 0 Å². The Morgan fingerprint density at radius 1 is 1.26 bits per heavy atom. The van der Waals surface area contributed by atoms with Crippen LogP contribution in [0.4, 0.5) is 4.79 Å². The van der Waals surface area contributed by atoms with Gasteiger partial charge in [-0.1, -0.05) is 0 Å². The number of fused-ring (bicyclic) bond motifs is 1. The molecule has 1 fully saturated rings. The highest BCUT2D eigenvalue weighted by Crippen LogP contribution is 2.33. The number of carbonyl (C=O) groups is 2. The minimum atomic E-state index is -0.504. The molecule has 7 heteroatoms. The van der Waals surface area contributed by atoms with E-state index in [1.165, 1.54) is 0 Å². The second kappa shape index (κ2) is 7.66. The average Bonchev–Trinajstić information content (AvgIpc) is 3.07. The van der Waals surface area contributed by atoms with Crippen molar-refractivity contribution in [2.75, 3.05) is 33.5 Å². The number of ether oxygens (including phenoxy) is 3. The minimum Gasteiger partial charge on any atom is -0.454 e. The van der Waals surface area contributed by atoms with Crippen LogP contribution in [0.2, 0.25) is 0 Å². The summed E-state index contributed by atoms with van der Waals surface area (Å²) in [7, 11) is 1.79. The molecule has 0 N–H and O–H groups in total. The Labute approximate surface area is 160 Å². The van der Waals surface area contributed by atoms with E-state index in [4.69, 9.17) is 14.2 Å². The van der Waals surface area contributed by atoms with Crippen LogP contribution in [0.3, 0.4) is 0 Å². The van der Waals surface area contributed by atoms with E-state index < -0.39 is 5.60 Å². The van der Waals surface area contributed by atoms with Crippen LogP contribution in [0.1, 0.15) is 44.0 Å². The maximum Gasteiger partial charge on any atom is 0.410 e. The van der Waals surface area contributed by atoms with Crippen molar-refractivity contribution in [2.45, 2.75) is 39.2 Å². The minimum absolute atomic E-state index is 0.0670. The number of carbonyl (C=O) groups excluding carboxylic acids is 2. The molecule has 1 unspecified atom stereocenters. The number of rotatable bonds is 3. The van der Waals surface area contributed by atoms with E-state index in [1.54, 1.807) is 35.0 Å². The van der Waals surface area contributed by atoms with Crippen molar-refractivity contribution in [3.63, 3.8) is 0 Å². The molecular weight excluding hydrogens is 348 g/mol. The summed E-state index contributed by atoms with van der Waals surface area (Å²) < 4.78 is 16.1. The molecular formula is C20H28N2O5. The predicted octanol–water partition coefficient (Wildman–Crippen LogP) is 3.13. The summed E-state index contributed by atoms with van der Waals surface area (Å²) in [5.41, 5.74) is 0.0671. The van der Waals surface area contributed by atoms with Gasteiger partial charge >= 0.3 is 6.09 Å². The van der Waals surface area contributed by atoms with Gasteiger partial charge in [0.05, 0.1) is 0 Å². The molecule has 0 aromatic heterocycles. The fourth-order valence-corrected chi connectivity index (χ4v) is 3.43. The summed E-state index contributed by atoms with van der Waals surface area (Å²) in [5.74, 6) is 1.43. The van der Waals surface area contributed by atoms with Crippen molar-refractivity contribution in [1.82, 2.24) is 9.80 Å². The zero-order chi connectivity index (χ0) is 19.6. The van der Waals surface area contributed by atoms with Crippen molar-refractivity contribution < 1.29 is 23.8 Å². The van der Waals surface area contributed by atoms with Crippen molar-refractivity contribution in [3.05, 3.63) is 23.8 Å². The van der Waals surface area contributed by atoms with Crippen LogP contribution in [-0.4, -0.2) is 60.9 Å². The first-order valence-electron chi connectivity index (χ1n) is 9.36. The van der Waals surface area contributed by atoms with E-state index in [0.29, 0.717) is 36.7 Å². The highest BCUT2D eigenvalue weighted by Gasteiger charge is 2.29. The topological polar surface area (TPSA) is 68.3 Å². The summed E-state index contributed by atoms with van der Waals surface area (Å²) >= 11 is 0. The van der Waals surface area contributed by atoms with E-state index in [2.05, 4.69) is 0 Å². The monoisotopic (exact) mass is 376 g/mol. The molecule has 0 radical (unpaired) electrons. The molecule has 148 valence electrons. The van der Waals surface area contributed by atoms with Crippen LogP contribution in [0.25, 0.3) is 0 Å². The molecule has 0 aliphatic carbocycles. The first-order chi connectivity index (χ1) is 12.7. The number of piperidine rings is 1. The summed E-state index contributed by atoms with van der Waals surface area (Å²) in [4.78, 5) is 28.5. The van der Waals surface area contributed by atoms with Crippen molar-refractivity contribution in [3.8, 4) is 11.5 Å². The van der Waals surface area contributed by atoms with Gasteiger partial charge in [-0.25, -0.2) is 4.79 Å². The van der Waals surface area contributed by atoms with Gasteiger partial charge in [-0.2, -0.15) is 0 Å². The van der Waals surface area contributed by atoms with Gasteiger partial charge in [-0.3, -0.25) is 4.79 Å². The highest BCUT2D eigenvalue weighted by atomic mass is 16.7. The number of likely N-dealkylation sites (tertiary alicyclic amines) is 1. The van der Waals surface area contributed by atoms with Gasteiger partial charge in [0, 0.05) is 32.2 Å². The zero-order valence-corrected chi connectivity index (χ0v) is 16.5. The average molecular weight is 376 g/mol. The van der Waals surface area contributed by atoms with Crippen LogP contribution in [-0.2, 0) is 4.74 Å². The maximum absolute atomic E-state index is 12.7. The molecule has 0 bridgehead atoms.